The van der Waals surface area contributed by atoms with Gasteiger partial charge in [0.2, 0.25) is 0 Å². The van der Waals surface area contributed by atoms with Crippen LogP contribution in [0.4, 0.5) is 0 Å². The molecule has 2 rings (SSSR count). The molecule has 1 aliphatic rings. The number of hydrogen-bond donors (Lipinski definition) is 2. The smallest absolute Gasteiger partial charge is 0.0548 e. The van der Waals surface area contributed by atoms with E-state index in [-0.39, 0.29) is 6.17 Å². The number of rotatable bonds is 2. The first-order valence-electron chi connectivity index (χ1n) is 5.40. The van der Waals surface area contributed by atoms with Crippen molar-refractivity contribution >= 4 is 0 Å². The Kier molecular flexibility index (Phi) is 3.17. The van der Waals surface area contributed by atoms with Crippen molar-refractivity contribution in [3.8, 4) is 0 Å². The van der Waals surface area contributed by atoms with Crippen LogP contribution in [-0.4, -0.2) is 12.2 Å². The molecule has 3 N–H and O–H groups in total. The summed E-state index contributed by atoms with van der Waals surface area (Å²) in [6.45, 7) is 0. The lowest BCUT2D eigenvalue weighted by atomic mass is 9.97. The zero-order chi connectivity index (χ0) is 9.80. The van der Waals surface area contributed by atoms with Crippen molar-refractivity contribution in [3.05, 3.63) is 35.9 Å². The molecule has 76 valence electrons. The van der Waals surface area contributed by atoms with Crippen LogP contribution in [0.15, 0.2) is 30.3 Å². The lowest BCUT2D eigenvalue weighted by molar-refractivity contribution is 0.324. The van der Waals surface area contributed by atoms with Gasteiger partial charge < -0.3 is 5.73 Å². The summed E-state index contributed by atoms with van der Waals surface area (Å²) in [5.41, 5.74) is 7.27. The van der Waals surface area contributed by atoms with E-state index in [4.69, 9.17) is 5.73 Å². The van der Waals surface area contributed by atoms with Gasteiger partial charge >= 0.3 is 0 Å². The molecule has 2 atom stereocenters. The monoisotopic (exact) mass is 190 g/mol. The van der Waals surface area contributed by atoms with Crippen molar-refractivity contribution in [1.29, 1.82) is 0 Å². The molecule has 0 aliphatic carbocycles. The number of nitrogens with one attached hydrogen (secondary N) is 1. The van der Waals surface area contributed by atoms with Crippen LogP contribution in [0, 0.1) is 0 Å². The van der Waals surface area contributed by atoms with Gasteiger partial charge in [-0.3, -0.25) is 5.32 Å². The fourth-order valence-electron chi connectivity index (χ4n) is 2.11. The highest BCUT2D eigenvalue weighted by Gasteiger charge is 2.17. The van der Waals surface area contributed by atoms with Crippen molar-refractivity contribution in [1.82, 2.24) is 5.32 Å². The maximum absolute atomic E-state index is 5.87. The minimum Gasteiger partial charge on any atom is -0.316 e. The van der Waals surface area contributed by atoms with Crippen molar-refractivity contribution in [3.63, 3.8) is 0 Å². The van der Waals surface area contributed by atoms with Crippen LogP contribution < -0.4 is 11.1 Å². The van der Waals surface area contributed by atoms with Gasteiger partial charge in [0.05, 0.1) is 6.17 Å². The van der Waals surface area contributed by atoms with Gasteiger partial charge in [0.15, 0.2) is 0 Å². The molecule has 0 spiro atoms. The molecular weight excluding hydrogens is 172 g/mol. The van der Waals surface area contributed by atoms with Gasteiger partial charge in [-0.05, 0) is 31.2 Å². The summed E-state index contributed by atoms with van der Waals surface area (Å²) >= 11 is 0. The zero-order valence-corrected chi connectivity index (χ0v) is 8.45. The lowest BCUT2D eigenvalue weighted by Crippen LogP contribution is -2.48. The predicted octanol–water partition coefficient (Wildman–Crippen LogP) is 1.66. The molecule has 1 saturated heterocycles. The molecule has 2 nitrogen and oxygen atoms in total. The molecule has 0 bridgehead atoms. The minimum absolute atomic E-state index is 0.206. The summed E-state index contributed by atoms with van der Waals surface area (Å²) in [5.74, 6) is 0. The molecule has 14 heavy (non-hydrogen) atoms. The molecule has 0 saturated carbocycles. The van der Waals surface area contributed by atoms with Crippen LogP contribution in [0.2, 0.25) is 0 Å². The fraction of sp³-hybridized carbons (Fsp3) is 0.500. The largest absolute Gasteiger partial charge is 0.316 e. The molecule has 1 aromatic carbocycles. The molecule has 0 radical (unpaired) electrons. The topological polar surface area (TPSA) is 38.0 Å². The second-order valence-corrected chi connectivity index (χ2v) is 4.09. The molecule has 1 heterocycles. The second kappa shape index (κ2) is 4.58. The van der Waals surface area contributed by atoms with Gasteiger partial charge in [0, 0.05) is 6.04 Å². The highest BCUT2D eigenvalue weighted by molar-refractivity contribution is 5.16. The van der Waals surface area contributed by atoms with Crippen molar-refractivity contribution < 1.29 is 0 Å². The molecule has 1 fully saturated rings. The Hall–Kier alpha value is -0.860. The van der Waals surface area contributed by atoms with Gasteiger partial charge in [-0.15, -0.1) is 0 Å². The van der Waals surface area contributed by atoms with E-state index in [1.807, 2.05) is 0 Å². The summed E-state index contributed by atoms with van der Waals surface area (Å²) in [5, 5.41) is 3.44. The van der Waals surface area contributed by atoms with E-state index in [1.165, 1.54) is 18.4 Å². The predicted molar refractivity (Wildman–Crippen MR) is 58.9 cm³/mol. The SMILES string of the molecule is NC1CCCC(Cc2ccccc2)N1. The third-order valence-electron chi connectivity index (χ3n) is 2.84. The van der Waals surface area contributed by atoms with Crippen LogP contribution >= 0.6 is 0 Å². The van der Waals surface area contributed by atoms with Gasteiger partial charge in [-0.2, -0.15) is 0 Å². The van der Waals surface area contributed by atoms with Gasteiger partial charge in [0.25, 0.3) is 0 Å². The molecular formula is C12H18N2. The van der Waals surface area contributed by atoms with Gasteiger partial charge in [-0.1, -0.05) is 30.3 Å². The van der Waals surface area contributed by atoms with Crippen LogP contribution in [-0.2, 0) is 6.42 Å². The highest BCUT2D eigenvalue weighted by atomic mass is 15.1. The maximum Gasteiger partial charge on any atom is 0.0548 e. The van der Waals surface area contributed by atoms with E-state index in [9.17, 15) is 0 Å². The molecule has 0 aromatic heterocycles. The zero-order valence-electron chi connectivity index (χ0n) is 8.45. The van der Waals surface area contributed by atoms with E-state index in [1.54, 1.807) is 0 Å². The maximum atomic E-state index is 5.87. The van der Waals surface area contributed by atoms with Crippen LogP contribution in [0.5, 0.6) is 0 Å². The van der Waals surface area contributed by atoms with Crippen molar-refractivity contribution in [2.24, 2.45) is 5.73 Å². The number of piperidine rings is 1. The van der Waals surface area contributed by atoms with E-state index in [0.717, 1.165) is 12.8 Å². The Morgan fingerprint density at radius 2 is 2.00 bits per heavy atom. The summed E-state index contributed by atoms with van der Waals surface area (Å²) < 4.78 is 0. The first-order chi connectivity index (χ1) is 6.84. The van der Waals surface area contributed by atoms with E-state index >= 15 is 0 Å². The van der Waals surface area contributed by atoms with Crippen LogP contribution in [0.25, 0.3) is 0 Å². The third-order valence-corrected chi connectivity index (χ3v) is 2.84. The Morgan fingerprint density at radius 3 is 2.71 bits per heavy atom. The van der Waals surface area contributed by atoms with Gasteiger partial charge in [0.1, 0.15) is 0 Å². The number of hydrogen-bond acceptors (Lipinski definition) is 2. The highest BCUT2D eigenvalue weighted by Crippen LogP contribution is 2.14. The Balaban J connectivity index is 1.91. The minimum atomic E-state index is 0.206. The molecule has 2 unspecified atom stereocenters. The van der Waals surface area contributed by atoms with Crippen LogP contribution in [0.3, 0.4) is 0 Å². The average Bonchev–Trinajstić information content (AvgIpc) is 2.19. The second-order valence-electron chi connectivity index (χ2n) is 4.09. The standard InChI is InChI=1S/C12H18N2/c13-12-8-4-7-11(14-12)9-10-5-2-1-3-6-10/h1-3,5-6,11-12,14H,4,7-9,13H2. The average molecular weight is 190 g/mol. The first-order valence-corrected chi connectivity index (χ1v) is 5.40. The normalized spacial score (nSPS) is 27.5. The summed E-state index contributed by atoms with van der Waals surface area (Å²) in [7, 11) is 0. The van der Waals surface area contributed by atoms with E-state index in [0.29, 0.717) is 6.04 Å². The summed E-state index contributed by atoms with van der Waals surface area (Å²) in [4.78, 5) is 0. The Morgan fingerprint density at radius 1 is 1.21 bits per heavy atom. The van der Waals surface area contributed by atoms with Gasteiger partial charge in [-0.25, -0.2) is 0 Å². The Labute approximate surface area is 85.5 Å². The number of benzene rings is 1. The van der Waals surface area contributed by atoms with Crippen molar-refractivity contribution in [2.75, 3.05) is 0 Å². The number of nitrogens with two attached hydrogens (primary N) is 1. The fourth-order valence-corrected chi connectivity index (χ4v) is 2.11. The molecule has 1 aliphatic heterocycles. The Bertz CT molecular complexity index is 271. The first kappa shape index (κ1) is 9.69. The molecule has 0 amide bonds. The van der Waals surface area contributed by atoms with E-state index < -0.39 is 0 Å². The summed E-state index contributed by atoms with van der Waals surface area (Å²) in [6.07, 6.45) is 4.94. The van der Waals surface area contributed by atoms with Crippen LogP contribution in [0.1, 0.15) is 24.8 Å². The third kappa shape index (κ3) is 2.56. The lowest BCUT2D eigenvalue weighted by Gasteiger charge is -2.28. The summed E-state index contributed by atoms with van der Waals surface area (Å²) in [6, 6.07) is 11.2. The molecule has 1 aromatic rings. The van der Waals surface area contributed by atoms with Crippen molar-refractivity contribution in [2.45, 2.75) is 37.9 Å². The molecule has 2 heteroatoms. The van der Waals surface area contributed by atoms with E-state index in [2.05, 4.69) is 35.6 Å². The quantitative estimate of drug-likeness (QED) is 0.744.